The van der Waals surface area contributed by atoms with E-state index in [1.807, 2.05) is 20.8 Å². The van der Waals surface area contributed by atoms with Gasteiger partial charge in [-0.2, -0.15) is 0 Å². The Morgan fingerprint density at radius 2 is 1.50 bits per heavy atom. The second-order valence-electron chi connectivity index (χ2n) is 5.27. The quantitative estimate of drug-likeness (QED) is 0.830. The monoisotopic (exact) mass is 248 g/mol. The van der Waals surface area contributed by atoms with E-state index in [2.05, 4.69) is 0 Å². The van der Waals surface area contributed by atoms with Crippen LogP contribution in [0, 0.1) is 0 Å². The third-order valence-corrected chi connectivity index (χ3v) is 3.53. The van der Waals surface area contributed by atoms with Crippen molar-refractivity contribution in [3.63, 3.8) is 0 Å². The van der Waals surface area contributed by atoms with Gasteiger partial charge in [0.1, 0.15) is 5.75 Å². The van der Waals surface area contributed by atoms with Crippen molar-refractivity contribution >= 4 is 11.6 Å². The first-order chi connectivity index (χ1) is 8.20. The zero-order valence-electron chi connectivity index (χ0n) is 11.6. The summed E-state index contributed by atoms with van der Waals surface area (Å²) in [5.74, 6) is -0.668. The summed E-state index contributed by atoms with van der Waals surface area (Å²) in [6, 6.07) is 3.38. The molecule has 0 spiro atoms. The van der Waals surface area contributed by atoms with Gasteiger partial charge in [-0.25, -0.2) is 0 Å². The molecular formula is C15H20O3. The van der Waals surface area contributed by atoms with Gasteiger partial charge >= 0.3 is 0 Å². The Kier molecular flexibility index (Phi) is 3.95. The molecule has 0 fully saturated rings. The zero-order chi connectivity index (χ0) is 14.1. The molecule has 0 radical (unpaired) electrons. The molecule has 0 unspecified atom stereocenters. The van der Waals surface area contributed by atoms with Gasteiger partial charge in [0.05, 0.1) is 11.1 Å². The van der Waals surface area contributed by atoms with E-state index < -0.39 is 0 Å². The number of aromatic hydroxyl groups is 1. The van der Waals surface area contributed by atoms with E-state index in [9.17, 15) is 14.7 Å². The number of benzene rings is 1. The van der Waals surface area contributed by atoms with Crippen LogP contribution >= 0.6 is 0 Å². The van der Waals surface area contributed by atoms with Crippen LogP contribution in [0.1, 0.15) is 67.3 Å². The maximum absolute atomic E-state index is 11.5. The minimum Gasteiger partial charge on any atom is -0.506 e. The second-order valence-corrected chi connectivity index (χ2v) is 5.27. The van der Waals surface area contributed by atoms with Crippen molar-refractivity contribution in [3.05, 3.63) is 28.8 Å². The molecule has 0 aliphatic heterocycles. The summed E-state index contributed by atoms with van der Waals surface area (Å²) in [5.41, 5.74) is 1.21. The molecule has 98 valence electrons. The van der Waals surface area contributed by atoms with E-state index in [0.29, 0.717) is 0 Å². The molecule has 0 atom stereocenters. The number of carbonyl (C=O) groups is 2. The van der Waals surface area contributed by atoms with Crippen molar-refractivity contribution in [1.29, 1.82) is 0 Å². The molecule has 0 saturated heterocycles. The molecule has 0 aliphatic rings. The number of Topliss-reactive ketones (excluding diaryl/α,β-unsaturated/α-hetero) is 2. The normalized spacial score (nSPS) is 11.4. The molecule has 0 saturated carbocycles. The van der Waals surface area contributed by atoms with Crippen LogP contribution in [0.4, 0.5) is 0 Å². The van der Waals surface area contributed by atoms with E-state index >= 15 is 0 Å². The molecule has 1 aromatic rings. The lowest BCUT2D eigenvalue weighted by molar-refractivity contribution is 0.101. The predicted molar refractivity (Wildman–Crippen MR) is 71.4 cm³/mol. The van der Waals surface area contributed by atoms with Crippen molar-refractivity contribution in [2.75, 3.05) is 0 Å². The SMILES string of the molecule is CCC(C)(C)c1cc(C(C)=O)c(O)c(C(C)=O)c1. The fourth-order valence-electron chi connectivity index (χ4n) is 1.77. The summed E-state index contributed by atoms with van der Waals surface area (Å²) >= 11 is 0. The van der Waals surface area contributed by atoms with Crippen LogP contribution in [0.15, 0.2) is 12.1 Å². The highest BCUT2D eigenvalue weighted by Gasteiger charge is 2.23. The van der Waals surface area contributed by atoms with Gasteiger partial charge in [0, 0.05) is 0 Å². The second kappa shape index (κ2) is 4.92. The molecule has 3 nitrogen and oxygen atoms in total. The van der Waals surface area contributed by atoms with Gasteiger partial charge in [0.15, 0.2) is 11.6 Å². The molecule has 0 bridgehead atoms. The third kappa shape index (κ3) is 2.61. The molecule has 1 N–H and O–H groups in total. The van der Waals surface area contributed by atoms with Crippen LogP contribution in [0.5, 0.6) is 5.75 Å². The average Bonchev–Trinajstić information content (AvgIpc) is 2.28. The number of rotatable bonds is 4. The molecule has 1 rings (SSSR count). The van der Waals surface area contributed by atoms with Crippen LogP contribution < -0.4 is 0 Å². The first-order valence-corrected chi connectivity index (χ1v) is 6.10. The van der Waals surface area contributed by atoms with E-state index in [0.717, 1.165) is 12.0 Å². The Labute approximate surface area is 108 Å². The number of hydrogen-bond donors (Lipinski definition) is 1. The third-order valence-electron chi connectivity index (χ3n) is 3.53. The molecule has 0 heterocycles. The van der Waals surface area contributed by atoms with E-state index in [-0.39, 0.29) is 33.9 Å². The van der Waals surface area contributed by atoms with Gasteiger partial charge in [-0.05, 0) is 43.4 Å². The van der Waals surface area contributed by atoms with Crippen molar-refractivity contribution in [2.45, 2.75) is 46.5 Å². The Morgan fingerprint density at radius 3 is 1.78 bits per heavy atom. The van der Waals surface area contributed by atoms with Crippen molar-refractivity contribution in [1.82, 2.24) is 0 Å². The topological polar surface area (TPSA) is 54.4 Å². The van der Waals surface area contributed by atoms with Crippen molar-refractivity contribution in [2.24, 2.45) is 0 Å². The summed E-state index contributed by atoms with van der Waals surface area (Å²) in [4.78, 5) is 23.1. The fraction of sp³-hybridized carbons (Fsp3) is 0.467. The van der Waals surface area contributed by atoms with E-state index in [1.54, 1.807) is 12.1 Å². The van der Waals surface area contributed by atoms with Gasteiger partial charge in [-0.15, -0.1) is 0 Å². The lowest BCUT2D eigenvalue weighted by Gasteiger charge is -2.25. The summed E-state index contributed by atoms with van der Waals surface area (Å²) in [5, 5.41) is 9.95. The Balaban J connectivity index is 3.58. The van der Waals surface area contributed by atoms with Crippen LogP contribution in [0.25, 0.3) is 0 Å². The summed E-state index contributed by atoms with van der Waals surface area (Å²) in [6.07, 6.45) is 0.881. The molecule has 0 aliphatic carbocycles. The number of ketones is 2. The summed E-state index contributed by atoms with van der Waals surface area (Å²) in [6.45, 7) is 8.93. The average molecular weight is 248 g/mol. The number of carbonyl (C=O) groups excluding carboxylic acids is 2. The van der Waals surface area contributed by atoms with Gasteiger partial charge in [0.2, 0.25) is 0 Å². The zero-order valence-corrected chi connectivity index (χ0v) is 11.6. The standard InChI is InChI=1S/C15H20O3/c1-6-15(4,5)11-7-12(9(2)16)14(18)13(8-11)10(3)17/h7-8,18H,6H2,1-5H3. The lowest BCUT2D eigenvalue weighted by atomic mass is 9.80. The molecule has 3 heteroatoms. The maximum Gasteiger partial charge on any atom is 0.163 e. The summed E-state index contributed by atoms with van der Waals surface area (Å²) in [7, 11) is 0. The highest BCUT2D eigenvalue weighted by molar-refractivity contribution is 6.04. The van der Waals surface area contributed by atoms with Crippen LogP contribution in [-0.2, 0) is 5.41 Å². The van der Waals surface area contributed by atoms with Crippen LogP contribution in [0.2, 0.25) is 0 Å². The molecular weight excluding hydrogens is 228 g/mol. The number of phenols is 1. The maximum atomic E-state index is 11.5. The van der Waals surface area contributed by atoms with Gasteiger partial charge in [-0.3, -0.25) is 9.59 Å². The van der Waals surface area contributed by atoms with Gasteiger partial charge in [-0.1, -0.05) is 20.8 Å². The summed E-state index contributed by atoms with van der Waals surface area (Å²) < 4.78 is 0. The highest BCUT2D eigenvalue weighted by Crippen LogP contribution is 2.33. The fourth-order valence-corrected chi connectivity index (χ4v) is 1.77. The van der Waals surface area contributed by atoms with Gasteiger partial charge in [0.25, 0.3) is 0 Å². The van der Waals surface area contributed by atoms with Gasteiger partial charge < -0.3 is 5.11 Å². The van der Waals surface area contributed by atoms with Crippen LogP contribution in [0.3, 0.4) is 0 Å². The number of hydrogen-bond acceptors (Lipinski definition) is 3. The lowest BCUT2D eigenvalue weighted by Crippen LogP contribution is -2.17. The van der Waals surface area contributed by atoms with Crippen molar-refractivity contribution < 1.29 is 14.7 Å². The predicted octanol–water partition coefficient (Wildman–Crippen LogP) is 3.49. The minimum absolute atomic E-state index is 0.137. The molecule has 0 aromatic heterocycles. The largest absolute Gasteiger partial charge is 0.506 e. The molecule has 0 amide bonds. The Morgan fingerprint density at radius 1 is 1.11 bits per heavy atom. The molecule has 1 aromatic carbocycles. The van der Waals surface area contributed by atoms with E-state index in [4.69, 9.17) is 0 Å². The first-order valence-electron chi connectivity index (χ1n) is 6.10. The van der Waals surface area contributed by atoms with E-state index in [1.165, 1.54) is 13.8 Å². The first kappa shape index (κ1) is 14.4. The molecule has 18 heavy (non-hydrogen) atoms. The Hall–Kier alpha value is -1.64. The minimum atomic E-state index is -0.233. The van der Waals surface area contributed by atoms with Crippen LogP contribution in [-0.4, -0.2) is 16.7 Å². The Bertz CT molecular complexity index is 463. The van der Waals surface area contributed by atoms with Crippen molar-refractivity contribution in [3.8, 4) is 5.75 Å². The highest BCUT2D eigenvalue weighted by atomic mass is 16.3. The number of phenolic OH excluding ortho intramolecular Hbond substituents is 1. The smallest absolute Gasteiger partial charge is 0.163 e.